The van der Waals surface area contributed by atoms with Crippen molar-refractivity contribution in [3.05, 3.63) is 22.2 Å². The van der Waals surface area contributed by atoms with Gasteiger partial charge in [-0.05, 0) is 6.92 Å². The second kappa shape index (κ2) is 10.00. The van der Waals surface area contributed by atoms with Crippen LogP contribution in [0.3, 0.4) is 0 Å². The Balaban J connectivity index is 2.21. The zero-order chi connectivity index (χ0) is 29.7. The van der Waals surface area contributed by atoms with Crippen LogP contribution in [0.1, 0.15) is 24.6 Å². The average molecular weight is 588 g/mol. The van der Waals surface area contributed by atoms with Crippen LogP contribution < -0.4 is 10.4 Å². The van der Waals surface area contributed by atoms with Gasteiger partial charge in [0.05, 0.1) is 25.7 Å². The molecule has 3 atom stereocenters. The first kappa shape index (κ1) is 31.9. The zero-order valence-electron chi connectivity index (χ0n) is 18.6. The molecule has 38 heavy (non-hydrogen) atoms. The van der Waals surface area contributed by atoms with E-state index in [1.807, 2.05) is 0 Å². The topological polar surface area (TPSA) is 93.8 Å². The van der Waals surface area contributed by atoms with Gasteiger partial charge in [0, 0.05) is 18.2 Å². The monoisotopic (exact) mass is 588 g/mol. The third-order valence-electron chi connectivity index (χ3n) is 5.44. The van der Waals surface area contributed by atoms with E-state index < -0.39 is 85.4 Å². The van der Waals surface area contributed by atoms with Gasteiger partial charge in [-0.25, -0.2) is 4.79 Å². The van der Waals surface area contributed by atoms with E-state index in [0.717, 1.165) is 17.7 Å². The molecule has 1 aliphatic heterocycles. The Hall–Kier alpha value is -2.35. The average Bonchev–Trinajstić information content (AvgIpc) is 3.14. The summed E-state index contributed by atoms with van der Waals surface area (Å²) in [5.41, 5.74) is -1.44. The van der Waals surface area contributed by atoms with Crippen LogP contribution in [-0.4, -0.2) is 81.0 Å². The fourth-order valence-corrected chi connectivity index (χ4v) is 3.19. The van der Waals surface area contributed by atoms with E-state index in [-0.39, 0.29) is 12.0 Å². The van der Waals surface area contributed by atoms with Crippen molar-refractivity contribution >= 4 is 0 Å². The van der Waals surface area contributed by atoms with Crippen molar-refractivity contribution in [3.8, 4) is 5.88 Å². The number of rotatable bonds is 10. The van der Waals surface area contributed by atoms with Crippen molar-refractivity contribution < 1.29 is 76.8 Å². The van der Waals surface area contributed by atoms with Gasteiger partial charge in [0.2, 0.25) is 5.88 Å². The van der Waals surface area contributed by atoms with Crippen LogP contribution in [0.5, 0.6) is 5.88 Å². The lowest BCUT2D eigenvalue weighted by Crippen LogP contribution is -2.70. The van der Waals surface area contributed by atoms with Crippen LogP contribution in [-0.2, 0) is 4.74 Å². The van der Waals surface area contributed by atoms with Gasteiger partial charge in [-0.3, -0.25) is 4.57 Å². The highest BCUT2D eigenvalue weighted by Gasteiger charge is 2.90. The fraction of sp³-hybridized carbons (Fsp3) is 0.778. The van der Waals surface area contributed by atoms with E-state index >= 15 is 0 Å². The van der Waals surface area contributed by atoms with Crippen LogP contribution in [0.4, 0.5) is 57.1 Å². The molecule has 0 spiro atoms. The molecule has 2 N–H and O–H groups in total. The van der Waals surface area contributed by atoms with E-state index in [1.165, 1.54) is 0 Å². The van der Waals surface area contributed by atoms with Crippen molar-refractivity contribution in [3.63, 3.8) is 0 Å². The number of hydrogen-bond acceptors (Lipinski definition) is 6. The van der Waals surface area contributed by atoms with Crippen molar-refractivity contribution in [1.29, 1.82) is 0 Å². The molecule has 0 aliphatic carbocycles. The third kappa shape index (κ3) is 5.13. The molecule has 0 bridgehead atoms. The second-order valence-electron chi connectivity index (χ2n) is 8.13. The Bertz CT molecular complexity index is 1060. The molecule has 1 aliphatic rings. The number of aliphatic hydroxyl groups excluding tert-OH is 2. The van der Waals surface area contributed by atoms with E-state index in [4.69, 9.17) is 9.84 Å². The Morgan fingerprint density at radius 3 is 1.97 bits per heavy atom. The number of aromatic nitrogens is 2. The molecule has 0 aromatic carbocycles. The number of halogens is 13. The molecule has 1 saturated heterocycles. The van der Waals surface area contributed by atoms with Crippen LogP contribution in [0.25, 0.3) is 0 Å². The Morgan fingerprint density at radius 1 is 0.974 bits per heavy atom. The van der Waals surface area contributed by atoms with Gasteiger partial charge in [0.15, 0.2) is 0 Å². The normalized spacial score (nSPS) is 22.2. The molecule has 1 aromatic heterocycles. The molecule has 3 unspecified atom stereocenters. The molecule has 1 aromatic rings. The summed E-state index contributed by atoms with van der Waals surface area (Å²) in [5.74, 6) is -38.4. The van der Waals surface area contributed by atoms with Crippen LogP contribution in [0.2, 0.25) is 0 Å². The lowest BCUT2D eigenvalue weighted by atomic mass is 9.93. The molecule has 7 nitrogen and oxygen atoms in total. The lowest BCUT2D eigenvalue weighted by Gasteiger charge is -2.39. The number of hydrogen-bond donors (Lipinski definition) is 2. The molecule has 1 fully saturated rings. The molecule has 0 saturated carbocycles. The smallest absolute Gasteiger partial charge is 0.460 e. The van der Waals surface area contributed by atoms with Crippen LogP contribution >= 0.6 is 0 Å². The summed E-state index contributed by atoms with van der Waals surface area (Å²) in [6.07, 6.45) is -12.9. The Labute approximate surface area is 202 Å². The summed E-state index contributed by atoms with van der Waals surface area (Å²) in [5, 5.41) is 18.8. The SMILES string of the molecule is Cc1cn(C2CC(O)C(CO)O2)c(=O)nc1OCCC(F)(F)C(F)(F)C(F)(F)C(F)(F)C(F)(F)C(F)(F)F. The summed E-state index contributed by atoms with van der Waals surface area (Å²) in [4.78, 5) is 15.4. The predicted molar refractivity (Wildman–Crippen MR) is 95.8 cm³/mol. The first-order chi connectivity index (χ1) is 17.0. The van der Waals surface area contributed by atoms with Crippen LogP contribution in [0, 0.1) is 6.92 Å². The molecule has 220 valence electrons. The highest BCUT2D eigenvalue weighted by Crippen LogP contribution is 2.60. The summed E-state index contributed by atoms with van der Waals surface area (Å²) in [6.45, 7) is -1.30. The van der Waals surface area contributed by atoms with Crippen molar-refractivity contribution in [2.45, 2.75) is 74.0 Å². The second-order valence-corrected chi connectivity index (χ2v) is 8.13. The molecule has 0 amide bonds. The van der Waals surface area contributed by atoms with Crippen molar-refractivity contribution in [2.24, 2.45) is 0 Å². The highest BCUT2D eigenvalue weighted by molar-refractivity contribution is 5.21. The molecule has 2 heterocycles. The number of alkyl halides is 13. The number of ether oxygens (including phenoxy) is 2. The first-order valence-corrected chi connectivity index (χ1v) is 10.1. The minimum Gasteiger partial charge on any atom is -0.477 e. The molecule has 0 radical (unpaired) electrons. The molecule has 2 rings (SSSR count). The van der Waals surface area contributed by atoms with Gasteiger partial charge < -0.3 is 19.7 Å². The van der Waals surface area contributed by atoms with Gasteiger partial charge in [-0.2, -0.15) is 62.1 Å². The van der Waals surface area contributed by atoms with Gasteiger partial charge in [-0.1, -0.05) is 0 Å². The molecule has 20 heteroatoms. The minimum atomic E-state index is -8.00. The maximum atomic E-state index is 13.9. The summed E-state index contributed by atoms with van der Waals surface area (Å²) in [6, 6.07) is 0. The van der Waals surface area contributed by atoms with Gasteiger partial charge in [-0.15, -0.1) is 0 Å². The number of nitrogens with zero attached hydrogens (tertiary/aromatic N) is 2. The molecular formula is C18H17F13N2O5. The summed E-state index contributed by atoms with van der Waals surface area (Å²) < 4.78 is 181. The summed E-state index contributed by atoms with van der Waals surface area (Å²) >= 11 is 0. The largest absolute Gasteiger partial charge is 0.477 e. The Kier molecular flexibility index (Phi) is 8.38. The van der Waals surface area contributed by atoms with Gasteiger partial charge >= 0.3 is 41.5 Å². The minimum absolute atomic E-state index is 0.202. The highest BCUT2D eigenvalue weighted by atomic mass is 19.4. The van der Waals surface area contributed by atoms with Crippen molar-refractivity contribution in [1.82, 2.24) is 9.55 Å². The van der Waals surface area contributed by atoms with Gasteiger partial charge in [0.1, 0.15) is 12.3 Å². The first-order valence-electron chi connectivity index (χ1n) is 10.1. The van der Waals surface area contributed by atoms with Crippen molar-refractivity contribution in [2.75, 3.05) is 13.2 Å². The Morgan fingerprint density at radius 2 is 1.50 bits per heavy atom. The maximum Gasteiger partial charge on any atom is 0.460 e. The zero-order valence-corrected chi connectivity index (χ0v) is 18.6. The van der Waals surface area contributed by atoms with E-state index in [1.54, 1.807) is 0 Å². The van der Waals surface area contributed by atoms with E-state index in [9.17, 15) is 67.0 Å². The quantitative estimate of drug-likeness (QED) is 0.406. The maximum absolute atomic E-state index is 13.9. The van der Waals surface area contributed by atoms with Crippen LogP contribution in [0.15, 0.2) is 11.0 Å². The van der Waals surface area contributed by atoms with E-state index in [0.29, 0.717) is 0 Å². The number of aliphatic hydroxyl groups is 2. The van der Waals surface area contributed by atoms with Gasteiger partial charge in [0.25, 0.3) is 0 Å². The number of aryl methyl sites for hydroxylation is 1. The third-order valence-corrected chi connectivity index (χ3v) is 5.44. The summed E-state index contributed by atoms with van der Waals surface area (Å²) in [7, 11) is 0. The predicted octanol–water partition coefficient (Wildman–Crippen LogP) is 3.70. The van der Waals surface area contributed by atoms with E-state index in [2.05, 4.69) is 9.72 Å². The fourth-order valence-electron chi connectivity index (χ4n) is 3.19. The standard InChI is InChI=1S/C18H17F13N2O5/c1-7-5-33(10-4-8(35)9(6-34)38-10)12(36)32-11(7)37-3-2-13(19,20)14(21,22)15(23,24)16(25,26)17(27,28)18(29,30)31/h5,8-10,34-35H,2-4,6H2,1H3. The molecular weight excluding hydrogens is 571 g/mol. The lowest BCUT2D eigenvalue weighted by molar-refractivity contribution is -0.440.